The van der Waals surface area contributed by atoms with E-state index in [9.17, 15) is 0 Å². The second kappa shape index (κ2) is 7.76. The summed E-state index contributed by atoms with van der Waals surface area (Å²) in [6.45, 7) is 5.06. The molecule has 3 aromatic carbocycles. The lowest BCUT2D eigenvalue weighted by Crippen LogP contribution is -2.32. The van der Waals surface area contributed by atoms with Crippen molar-refractivity contribution in [2.45, 2.75) is 32.5 Å². The Morgan fingerprint density at radius 1 is 0.846 bits per heavy atom. The van der Waals surface area contributed by atoms with Crippen molar-refractivity contribution in [3.8, 4) is 5.75 Å². The van der Waals surface area contributed by atoms with E-state index in [1.807, 2.05) is 18.2 Å². The molecular weight excluding hydrogens is 318 g/mol. The topological polar surface area (TPSA) is 12.5 Å². The highest BCUT2D eigenvalue weighted by molar-refractivity contribution is 5.32. The molecule has 0 bridgehead atoms. The molecule has 0 aromatic heterocycles. The van der Waals surface area contributed by atoms with Gasteiger partial charge in [-0.15, -0.1) is 0 Å². The zero-order valence-corrected chi connectivity index (χ0v) is 15.3. The Hall–Kier alpha value is -2.58. The van der Waals surface area contributed by atoms with Crippen LogP contribution in [0.3, 0.4) is 0 Å². The molecule has 1 unspecified atom stereocenters. The Bertz CT molecular complexity index is 842. The number of fused-ring (bicyclic) bond motifs is 1. The molecule has 2 nitrogen and oxygen atoms in total. The van der Waals surface area contributed by atoms with Crippen LogP contribution < -0.4 is 4.74 Å². The van der Waals surface area contributed by atoms with Gasteiger partial charge in [0, 0.05) is 19.1 Å². The second-order valence-electron chi connectivity index (χ2n) is 7.01. The monoisotopic (exact) mass is 343 g/mol. The van der Waals surface area contributed by atoms with E-state index < -0.39 is 0 Å². The van der Waals surface area contributed by atoms with E-state index in [1.54, 1.807) is 0 Å². The summed E-state index contributed by atoms with van der Waals surface area (Å²) in [5.74, 6) is 0.925. The molecule has 0 fully saturated rings. The Balaban J connectivity index is 1.39. The van der Waals surface area contributed by atoms with Gasteiger partial charge in [0.05, 0.1) is 0 Å². The number of hydrogen-bond acceptors (Lipinski definition) is 2. The van der Waals surface area contributed by atoms with Gasteiger partial charge in [-0.05, 0) is 47.7 Å². The zero-order chi connectivity index (χ0) is 17.8. The first-order valence-electron chi connectivity index (χ1n) is 9.37. The number of nitrogens with zero attached hydrogens (tertiary/aromatic N) is 1. The first-order valence-corrected chi connectivity index (χ1v) is 9.37. The van der Waals surface area contributed by atoms with Crippen molar-refractivity contribution in [2.24, 2.45) is 0 Å². The lowest BCUT2D eigenvalue weighted by Gasteiger charge is -2.34. The Kier molecular flexibility index (Phi) is 5.03. The fraction of sp³-hybridized carbons (Fsp3) is 0.250. The molecule has 0 saturated carbocycles. The van der Waals surface area contributed by atoms with E-state index in [0.29, 0.717) is 12.6 Å². The number of benzene rings is 3. The lowest BCUT2D eigenvalue weighted by atomic mass is 9.97. The lowest BCUT2D eigenvalue weighted by molar-refractivity contribution is 0.192. The molecule has 0 N–H and O–H groups in total. The highest BCUT2D eigenvalue weighted by Crippen LogP contribution is 2.28. The zero-order valence-electron chi connectivity index (χ0n) is 15.3. The molecule has 0 aliphatic carbocycles. The summed E-state index contributed by atoms with van der Waals surface area (Å²) in [5, 5.41) is 0. The molecular formula is C24H25NO. The van der Waals surface area contributed by atoms with Gasteiger partial charge >= 0.3 is 0 Å². The van der Waals surface area contributed by atoms with Crippen molar-refractivity contribution < 1.29 is 4.74 Å². The molecule has 4 rings (SSSR count). The van der Waals surface area contributed by atoms with Crippen LogP contribution in [0.4, 0.5) is 0 Å². The van der Waals surface area contributed by atoms with Gasteiger partial charge in [-0.25, -0.2) is 0 Å². The van der Waals surface area contributed by atoms with E-state index in [-0.39, 0.29) is 0 Å². The van der Waals surface area contributed by atoms with Crippen molar-refractivity contribution >= 4 is 0 Å². The largest absolute Gasteiger partial charge is 0.489 e. The van der Waals surface area contributed by atoms with Crippen LogP contribution in [0.2, 0.25) is 0 Å². The second-order valence-corrected chi connectivity index (χ2v) is 7.01. The maximum Gasteiger partial charge on any atom is 0.119 e. The molecule has 1 aliphatic rings. The fourth-order valence-corrected chi connectivity index (χ4v) is 3.64. The van der Waals surface area contributed by atoms with Gasteiger partial charge < -0.3 is 4.74 Å². The maximum atomic E-state index is 5.91. The van der Waals surface area contributed by atoms with Crippen molar-refractivity contribution in [1.29, 1.82) is 0 Å². The summed E-state index contributed by atoms with van der Waals surface area (Å²) in [6, 6.07) is 28.1. The summed E-state index contributed by atoms with van der Waals surface area (Å²) in [5.41, 5.74) is 5.50. The van der Waals surface area contributed by atoms with Crippen molar-refractivity contribution in [1.82, 2.24) is 4.90 Å². The highest BCUT2D eigenvalue weighted by atomic mass is 16.5. The van der Waals surface area contributed by atoms with Gasteiger partial charge in [0.15, 0.2) is 0 Å². The quantitative estimate of drug-likeness (QED) is 0.616. The number of rotatable bonds is 5. The Morgan fingerprint density at radius 3 is 2.31 bits per heavy atom. The van der Waals surface area contributed by atoms with Crippen LogP contribution in [0.1, 0.15) is 35.2 Å². The van der Waals surface area contributed by atoms with E-state index in [2.05, 4.69) is 72.5 Å². The minimum Gasteiger partial charge on any atom is -0.489 e. The maximum absolute atomic E-state index is 5.91. The van der Waals surface area contributed by atoms with Crippen molar-refractivity contribution in [3.05, 3.63) is 101 Å². The molecule has 26 heavy (non-hydrogen) atoms. The minimum absolute atomic E-state index is 0.409. The predicted octanol–water partition coefficient (Wildman–Crippen LogP) is 5.38. The molecule has 0 spiro atoms. The first kappa shape index (κ1) is 16.9. The van der Waals surface area contributed by atoms with Gasteiger partial charge in [-0.1, -0.05) is 66.7 Å². The summed E-state index contributed by atoms with van der Waals surface area (Å²) >= 11 is 0. The van der Waals surface area contributed by atoms with Crippen LogP contribution in [0.5, 0.6) is 5.75 Å². The number of ether oxygens (including phenoxy) is 1. The molecule has 0 saturated heterocycles. The third-order valence-electron chi connectivity index (χ3n) is 5.32. The van der Waals surface area contributed by atoms with Crippen LogP contribution in [0.15, 0.2) is 78.9 Å². The summed E-state index contributed by atoms with van der Waals surface area (Å²) in [6.07, 6.45) is 1.14. The molecule has 1 heterocycles. The fourth-order valence-electron chi connectivity index (χ4n) is 3.64. The SMILES string of the molecule is CC(c1ccc(OCc2ccccc2)cc1)N1CCc2ccccc2C1. The van der Waals surface area contributed by atoms with Crippen molar-refractivity contribution in [3.63, 3.8) is 0 Å². The average Bonchev–Trinajstić information content (AvgIpc) is 2.72. The molecule has 0 amide bonds. The van der Waals surface area contributed by atoms with E-state index in [1.165, 1.54) is 22.3 Å². The Labute approximate surface area is 156 Å². The van der Waals surface area contributed by atoms with E-state index in [0.717, 1.165) is 25.3 Å². The van der Waals surface area contributed by atoms with Crippen LogP contribution >= 0.6 is 0 Å². The molecule has 1 aliphatic heterocycles. The smallest absolute Gasteiger partial charge is 0.119 e. The summed E-state index contributed by atoms with van der Waals surface area (Å²) < 4.78 is 5.91. The third-order valence-corrected chi connectivity index (χ3v) is 5.32. The summed E-state index contributed by atoms with van der Waals surface area (Å²) in [4.78, 5) is 2.56. The standard InChI is InChI=1S/C24H25NO/c1-19(25-16-15-22-9-5-6-10-23(22)17-25)21-11-13-24(14-12-21)26-18-20-7-3-2-4-8-20/h2-14,19H,15-18H2,1H3. The molecule has 2 heteroatoms. The molecule has 1 atom stereocenters. The molecule has 3 aromatic rings. The van der Waals surface area contributed by atoms with Gasteiger partial charge in [-0.3, -0.25) is 4.90 Å². The molecule has 132 valence electrons. The van der Waals surface area contributed by atoms with Crippen molar-refractivity contribution in [2.75, 3.05) is 6.54 Å². The highest BCUT2D eigenvalue weighted by Gasteiger charge is 2.21. The van der Waals surface area contributed by atoms with Gasteiger partial charge in [0.2, 0.25) is 0 Å². The van der Waals surface area contributed by atoms with Crippen LogP contribution in [0, 0.1) is 0 Å². The first-order chi connectivity index (χ1) is 12.8. The van der Waals surface area contributed by atoms with Crippen LogP contribution in [-0.4, -0.2) is 11.4 Å². The van der Waals surface area contributed by atoms with Crippen LogP contribution in [-0.2, 0) is 19.6 Å². The normalized spacial score (nSPS) is 15.3. The predicted molar refractivity (Wildman–Crippen MR) is 106 cm³/mol. The van der Waals surface area contributed by atoms with Gasteiger partial charge in [0.1, 0.15) is 12.4 Å². The number of hydrogen-bond donors (Lipinski definition) is 0. The van der Waals surface area contributed by atoms with Gasteiger partial charge in [-0.2, -0.15) is 0 Å². The van der Waals surface area contributed by atoms with Crippen LogP contribution in [0.25, 0.3) is 0 Å². The van der Waals surface area contributed by atoms with E-state index >= 15 is 0 Å². The summed E-state index contributed by atoms with van der Waals surface area (Å²) in [7, 11) is 0. The third kappa shape index (κ3) is 3.81. The Morgan fingerprint density at radius 2 is 1.54 bits per heavy atom. The average molecular weight is 343 g/mol. The van der Waals surface area contributed by atoms with Gasteiger partial charge in [0.25, 0.3) is 0 Å². The molecule has 0 radical (unpaired) electrons. The minimum atomic E-state index is 0.409. The van der Waals surface area contributed by atoms with E-state index in [4.69, 9.17) is 4.74 Å².